The third-order valence-electron chi connectivity index (χ3n) is 2.07. The van der Waals surface area contributed by atoms with Gasteiger partial charge in [0.15, 0.2) is 0 Å². The highest BCUT2D eigenvalue weighted by molar-refractivity contribution is 4.64. The van der Waals surface area contributed by atoms with Gasteiger partial charge in [0.2, 0.25) is 0 Å². The lowest BCUT2D eigenvalue weighted by molar-refractivity contribution is 0.0679. The van der Waals surface area contributed by atoms with Crippen LogP contribution in [0.2, 0.25) is 0 Å². The summed E-state index contributed by atoms with van der Waals surface area (Å²) in [5.41, 5.74) is -0.460. The molecule has 0 bridgehead atoms. The van der Waals surface area contributed by atoms with Gasteiger partial charge in [0, 0.05) is 0 Å². The molecule has 0 aliphatic carbocycles. The predicted molar refractivity (Wildman–Crippen MR) is 54.2 cm³/mol. The van der Waals surface area contributed by atoms with Crippen molar-refractivity contribution in [3.05, 3.63) is 0 Å². The SMILES string of the molecule is CC(C)CCCCCC(C)(C)O. The van der Waals surface area contributed by atoms with Gasteiger partial charge in [-0.25, -0.2) is 0 Å². The van der Waals surface area contributed by atoms with Crippen molar-refractivity contribution in [1.82, 2.24) is 0 Å². The van der Waals surface area contributed by atoms with Crippen LogP contribution in [0.15, 0.2) is 0 Å². The third-order valence-corrected chi connectivity index (χ3v) is 2.07. The van der Waals surface area contributed by atoms with Crippen LogP contribution in [0.1, 0.15) is 59.8 Å². The molecule has 0 heterocycles. The Kier molecular flexibility index (Phi) is 5.56. The second kappa shape index (κ2) is 5.58. The zero-order valence-corrected chi connectivity index (χ0v) is 9.06. The highest BCUT2D eigenvalue weighted by Crippen LogP contribution is 2.15. The predicted octanol–water partition coefficient (Wildman–Crippen LogP) is 3.36. The van der Waals surface area contributed by atoms with Crippen LogP contribution in [0.3, 0.4) is 0 Å². The zero-order chi connectivity index (χ0) is 9.61. The molecule has 0 spiro atoms. The number of unbranched alkanes of at least 4 members (excludes halogenated alkanes) is 2. The van der Waals surface area contributed by atoms with Crippen molar-refractivity contribution >= 4 is 0 Å². The van der Waals surface area contributed by atoms with Crippen molar-refractivity contribution in [3.8, 4) is 0 Å². The van der Waals surface area contributed by atoms with E-state index < -0.39 is 5.60 Å². The van der Waals surface area contributed by atoms with Crippen LogP contribution in [0.25, 0.3) is 0 Å². The Bertz CT molecular complexity index is 100. The molecule has 1 N–H and O–H groups in total. The first kappa shape index (κ1) is 12.0. The summed E-state index contributed by atoms with van der Waals surface area (Å²) in [4.78, 5) is 0. The smallest absolute Gasteiger partial charge is 0.0591 e. The topological polar surface area (TPSA) is 20.2 Å². The lowest BCUT2D eigenvalue weighted by Crippen LogP contribution is -2.17. The minimum absolute atomic E-state index is 0.460. The number of hydrogen-bond acceptors (Lipinski definition) is 1. The molecule has 0 aliphatic rings. The van der Waals surface area contributed by atoms with Crippen LogP contribution >= 0.6 is 0 Å². The fourth-order valence-electron chi connectivity index (χ4n) is 1.29. The minimum atomic E-state index is -0.460. The van der Waals surface area contributed by atoms with Gasteiger partial charge in [-0.1, -0.05) is 39.5 Å². The first-order valence-electron chi connectivity index (χ1n) is 5.14. The van der Waals surface area contributed by atoms with Gasteiger partial charge < -0.3 is 5.11 Å². The maximum atomic E-state index is 9.43. The van der Waals surface area contributed by atoms with Crippen LogP contribution in [0.5, 0.6) is 0 Å². The molecule has 12 heavy (non-hydrogen) atoms. The maximum Gasteiger partial charge on any atom is 0.0591 e. The Morgan fingerprint density at radius 1 is 1.08 bits per heavy atom. The molecule has 1 heteroatoms. The second-order valence-electron chi connectivity index (χ2n) is 4.81. The summed E-state index contributed by atoms with van der Waals surface area (Å²) >= 11 is 0. The average Bonchev–Trinajstić information content (AvgIpc) is 1.83. The summed E-state index contributed by atoms with van der Waals surface area (Å²) in [6, 6.07) is 0. The Hall–Kier alpha value is -0.0400. The van der Waals surface area contributed by atoms with Crippen LogP contribution < -0.4 is 0 Å². The van der Waals surface area contributed by atoms with E-state index in [2.05, 4.69) is 13.8 Å². The molecule has 0 rings (SSSR count). The quantitative estimate of drug-likeness (QED) is 0.609. The van der Waals surface area contributed by atoms with E-state index in [1.165, 1.54) is 19.3 Å². The number of rotatable bonds is 6. The van der Waals surface area contributed by atoms with E-state index in [1.54, 1.807) is 0 Å². The molecule has 0 radical (unpaired) electrons. The molecule has 0 saturated heterocycles. The number of aliphatic hydroxyl groups is 1. The van der Waals surface area contributed by atoms with E-state index in [4.69, 9.17) is 0 Å². The van der Waals surface area contributed by atoms with E-state index >= 15 is 0 Å². The highest BCUT2D eigenvalue weighted by atomic mass is 16.3. The molecule has 0 aromatic heterocycles. The summed E-state index contributed by atoms with van der Waals surface area (Å²) in [7, 11) is 0. The van der Waals surface area contributed by atoms with Gasteiger partial charge in [0.05, 0.1) is 5.60 Å². The standard InChI is InChI=1S/C11H24O/c1-10(2)8-6-5-7-9-11(3,4)12/h10,12H,5-9H2,1-4H3. The van der Waals surface area contributed by atoms with E-state index in [0.717, 1.165) is 18.8 Å². The molecule has 1 nitrogen and oxygen atoms in total. The van der Waals surface area contributed by atoms with Crippen LogP contribution in [-0.4, -0.2) is 10.7 Å². The van der Waals surface area contributed by atoms with Gasteiger partial charge in [-0.2, -0.15) is 0 Å². The van der Waals surface area contributed by atoms with Gasteiger partial charge in [-0.15, -0.1) is 0 Å². The van der Waals surface area contributed by atoms with E-state index in [1.807, 2.05) is 13.8 Å². The lowest BCUT2D eigenvalue weighted by atomic mass is 9.98. The molecule has 0 saturated carbocycles. The lowest BCUT2D eigenvalue weighted by Gasteiger charge is -2.16. The molecule has 0 unspecified atom stereocenters. The van der Waals surface area contributed by atoms with E-state index in [0.29, 0.717) is 0 Å². The van der Waals surface area contributed by atoms with E-state index in [9.17, 15) is 5.11 Å². The minimum Gasteiger partial charge on any atom is -0.390 e. The fourth-order valence-corrected chi connectivity index (χ4v) is 1.29. The van der Waals surface area contributed by atoms with Gasteiger partial charge in [-0.3, -0.25) is 0 Å². The summed E-state index contributed by atoms with van der Waals surface area (Å²) in [5.74, 6) is 0.826. The summed E-state index contributed by atoms with van der Waals surface area (Å²) < 4.78 is 0. The molecule has 0 aromatic rings. The largest absolute Gasteiger partial charge is 0.390 e. The van der Waals surface area contributed by atoms with Crippen molar-refractivity contribution in [1.29, 1.82) is 0 Å². The first-order chi connectivity index (χ1) is 5.42. The Morgan fingerprint density at radius 2 is 1.67 bits per heavy atom. The van der Waals surface area contributed by atoms with Gasteiger partial charge >= 0.3 is 0 Å². The van der Waals surface area contributed by atoms with Crippen molar-refractivity contribution in [3.63, 3.8) is 0 Å². The van der Waals surface area contributed by atoms with Gasteiger partial charge in [-0.05, 0) is 26.2 Å². The normalized spacial score (nSPS) is 12.5. The van der Waals surface area contributed by atoms with Crippen LogP contribution in [0.4, 0.5) is 0 Å². The van der Waals surface area contributed by atoms with Crippen molar-refractivity contribution in [2.45, 2.75) is 65.4 Å². The van der Waals surface area contributed by atoms with Crippen LogP contribution in [-0.2, 0) is 0 Å². The monoisotopic (exact) mass is 172 g/mol. The molecule has 0 atom stereocenters. The average molecular weight is 172 g/mol. The second-order valence-corrected chi connectivity index (χ2v) is 4.81. The highest BCUT2D eigenvalue weighted by Gasteiger charge is 2.10. The summed E-state index contributed by atoms with van der Waals surface area (Å²) in [5, 5.41) is 9.43. The van der Waals surface area contributed by atoms with E-state index in [-0.39, 0.29) is 0 Å². The first-order valence-corrected chi connectivity index (χ1v) is 5.14. The van der Waals surface area contributed by atoms with Crippen molar-refractivity contribution in [2.24, 2.45) is 5.92 Å². The van der Waals surface area contributed by atoms with Crippen molar-refractivity contribution < 1.29 is 5.11 Å². The van der Waals surface area contributed by atoms with Crippen LogP contribution in [0, 0.1) is 5.92 Å². The number of hydrogen-bond donors (Lipinski definition) is 1. The Morgan fingerprint density at radius 3 is 2.08 bits per heavy atom. The van der Waals surface area contributed by atoms with Gasteiger partial charge in [0.1, 0.15) is 0 Å². The van der Waals surface area contributed by atoms with Crippen molar-refractivity contribution in [2.75, 3.05) is 0 Å². The molecular formula is C11H24O. The molecular weight excluding hydrogens is 148 g/mol. The Labute approximate surface area is 77.2 Å². The maximum absolute atomic E-state index is 9.43. The summed E-state index contributed by atoms with van der Waals surface area (Å²) in [6.07, 6.45) is 6.00. The van der Waals surface area contributed by atoms with Gasteiger partial charge in [0.25, 0.3) is 0 Å². The Balaban J connectivity index is 3.12. The zero-order valence-electron chi connectivity index (χ0n) is 9.06. The molecule has 0 amide bonds. The third kappa shape index (κ3) is 9.96. The molecule has 0 aliphatic heterocycles. The fraction of sp³-hybridized carbons (Fsp3) is 1.00. The molecule has 0 aromatic carbocycles. The summed E-state index contributed by atoms with van der Waals surface area (Å²) in [6.45, 7) is 8.29. The molecule has 74 valence electrons. The molecule has 0 fully saturated rings.